The lowest BCUT2D eigenvalue weighted by atomic mass is 9.84. The van der Waals surface area contributed by atoms with Crippen molar-refractivity contribution in [3.63, 3.8) is 0 Å². The van der Waals surface area contributed by atoms with Crippen LogP contribution in [0.15, 0.2) is 15.6 Å². The Hall–Kier alpha value is -1.36. The number of piperazine rings is 1. The minimum atomic E-state index is 0. The molecule has 164 valence electrons. The third-order valence-corrected chi connectivity index (χ3v) is 5.68. The molecule has 1 saturated heterocycles. The van der Waals surface area contributed by atoms with E-state index < -0.39 is 0 Å². The lowest BCUT2D eigenvalue weighted by molar-refractivity contribution is -0.139. The predicted octanol–water partition coefficient (Wildman–Crippen LogP) is 2.03. The molecule has 1 saturated carbocycles. The number of carbonyl (C=O) groups is 1. The van der Waals surface area contributed by atoms with Crippen molar-refractivity contribution in [2.75, 3.05) is 46.3 Å². The third kappa shape index (κ3) is 6.84. The normalized spacial score (nSPS) is 18.3. The van der Waals surface area contributed by atoms with Crippen LogP contribution in [-0.4, -0.2) is 73.1 Å². The van der Waals surface area contributed by atoms with Crippen LogP contribution in [0.5, 0.6) is 0 Å². The molecule has 1 aromatic rings. The molecule has 1 aliphatic heterocycles. The molecule has 0 atom stereocenters. The van der Waals surface area contributed by atoms with Crippen LogP contribution >= 0.6 is 24.0 Å². The molecule has 0 spiro atoms. The maximum atomic E-state index is 12.3. The monoisotopic (exact) mass is 518 g/mol. The number of hydrogen-bond acceptors (Lipinski definition) is 5. The SMILES string of the molecule is CN=C(NCCN1CCN(C(=O)C2CCC2)CC1)NCc1cc(C(C)C)no1.I. The highest BCUT2D eigenvalue weighted by molar-refractivity contribution is 14.0. The van der Waals surface area contributed by atoms with Crippen molar-refractivity contribution in [2.45, 2.75) is 45.6 Å². The molecule has 29 heavy (non-hydrogen) atoms. The number of amides is 1. The minimum Gasteiger partial charge on any atom is -0.359 e. The molecule has 2 aliphatic rings. The maximum absolute atomic E-state index is 12.3. The quantitative estimate of drug-likeness (QED) is 0.327. The molecule has 3 rings (SSSR count). The van der Waals surface area contributed by atoms with Crippen LogP contribution in [0.2, 0.25) is 0 Å². The average Bonchev–Trinajstić information content (AvgIpc) is 3.13. The van der Waals surface area contributed by atoms with E-state index in [2.05, 4.69) is 44.4 Å². The Balaban J connectivity index is 0.00000300. The molecule has 9 heteroatoms. The molecule has 0 aromatic carbocycles. The lowest BCUT2D eigenvalue weighted by Gasteiger charge is -2.38. The van der Waals surface area contributed by atoms with E-state index in [0.717, 1.165) is 69.5 Å². The van der Waals surface area contributed by atoms with E-state index in [1.807, 2.05) is 6.07 Å². The number of hydrogen-bond donors (Lipinski definition) is 2. The van der Waals surface area contributed by atoms with Crippen molar-refractivity contribution < 1.29 is 9.32 Å². The molecule has 2 N–H and O–H groups in total. The Morgan fingerprint density at radius 3 is 2.55 bits per heavy atom. The van der Waals surface area contributed by atoms with Crippen LogP contribution in [0.4, 0.5) is 0 Å². The van der Waals surface area contributed by atoms with Crippen molar-refractivity contribution in [3.05, 3.63) is 17.5 Å². The van der Waals surface area contributed by atoms with E-state index in [0.29, 0.717) is 24.3 Å². The van der Waals surface area contributed by atoms with Gasteiger partial charge in [-0.1, -0.05) is 25.4 Å². The van der Waals surface area contributed by atoms with Gasteiger partial charge < -0.3 is 20.1 Å². The summed E-state index contributed by atoms with van der Waals surface area (Å²) in [4.78, 5) is 21.0. The number of nitrogens with one attached hydrogen (secondary N) is 2. The molecule has 2 heterocycles. The summed E-state index contributed by atoms with van der Waals surface area (Å²) in [5, 5.41) is 10.7. The number of aromatic nitrogens is 1. The summed E-state index contributed by atoms with van der Waals surface area (Å²) >= 11 is 0. The zero-order valence-corrected chi connectivity index (χ0v) is 20.1. The average molecular weight is 518 g/mol. The number of rotatable bonds is 7. The number of guanidine groups is 1. The van der Waals surface area contributed by atoms with Crippen molar-refractivity contribution in [3.8, 4) is 0 Å². The summed E-state index contributed by atoms with van der Waals surface area (Å²) in [7, 11) is 1.76. The number of aliphatic imine (C=N–C) groups is 1. The van der Waals surface area contributed by atoms with Gasteiger partial charge in [0.15, 0.2) is 11.7 Å². The second-order valence-electron chi connectivity index (χ2n) is 8.02. The topological polar surface area (TPSA) is 86.0 Å². The van der Waals surface area contributed by atoms with Gasteiger partial charge in [-0.2, -0.15) is 0 Å². The number of nitrogens with zero attached hydrogens (tertiary/aromatic N) is 4. The van der Waals surface area contributed by atoms with Gasteiger partial charge in [-0.3, -0.25) is 14.7 Å². The van der Waals surface area contributed by atoms with Crippen LogP contribution in [0.3, 0.4) is 0 Å². The summed E-state index contributed by atoms with van der Waals surface area (Å²) < 4.78 is 5.34. The first-order chi connectivity index (χ1) is 13.6. The zero-order chi connectivity index (χ0) is 19.9. The highest BCUT2D eigenvalue weighted by atomic mass is 127. The first kappa shape index (κ1) is 23.9. The van der Waals surface area contributed by atoms with E-state index >= 15 is 0 Å². The van der Waals surface area contributed by atoms with Gasteiger partial charge in [0.2, 0.25) is 5.91 Å². The van der Waals surface area contributed by atoms with Crippen LogP contribution < -0.4 is 10.6 Å². The first-order valence-corrected chi connectivity index (χ1v) is 10.5. The van der Waals surface area contributed by atoms with E-state index in [1.165, 1.54) is 6.42 Å². The Morgan fingerprint density at radius 1 is 1.28 bits per heavy atom. The van der Waals surface area contributed by atoms with E-state index in [9.17, 15) is 4.79 Å². The van der Waals surface area contributed by atoms with Gasteiger partial charge in [-0.05, 0) is 18.8 Å². The van der Waals surface area contributed by atoms with Gasteiger partial charge in [-0.25, -0.2) is 0 Å². The van der Waals surface area contributed by atoms with Crippen LogP contribution in [0, 0.1) is 5.92 Å². The Labute approximate surface area is 190 Å². The summed E-state index contributed by atoms with van der Waals surface area (Å²) in [5.74, 6) is 2.60. The van der Waals surface area contributed by atoms with Gasteiger partial charge in [-0.15, -0.1) is 24.0 Å². The van der Waals surface area contributed by atoms with Crippen molar-refractivity contribution >= 4 is 35.8 Å². The van der Waals surface area contributed by atoms with Crippen LogP contribution in [0.25, 0.3) is 0 Å². The molecular weight excluding hydrogens is 483 g/mol. The summed E-state index contributed by atoms with van der Waals surface area (Å²) in [6.07, 6.45) is 3.39. The fourth-order valence-corrected chi connectivity index (χ4v) is 3.51. The smallest absolute Gasteiger partial charge is 0.225 e. The maximum Gasteiger partial charge on any atom is 0.225 e. The molecule has 0 unspecified atom stereocenters. The molecule has 2 fully saturated rings. The molecule has 1 aliphatic carbocycles. The lowest BCUT2D eigenvalue weighted by Crippen LogP contribution is -2.52. The zero-order valence-electron chi connectivity index (χ0n) is 17.8. The summed E-state index contributed by atoms with van der Waals surface area (Å²) in [6, 6.07) is 1.98. The fourth-order valence-electron chi connectivity index (χ4n) is 3.51. The Kier molecular flexibility index (Phi) is 9.67. The fraction of sp³-hybridized carbons (Fsp3) is 0.750. The third-order valence-electron chi connectivity index (χ3n) is 5.68. The molecular formula is C20H35IN6O2. The van der Waals surface area contributed by atoms with E-state index in [4.69, 9.17) is 4.52 Å². The highest BCUT2D eigenvalue weighted by Gasteiger charge is 2.30. The van der Waals surface area contributed by atoms with Crippen LogP contribution in [0.1, 0.15) is 50.5 Å². The number of halogens is 1. The summed E-state index contributed by atoms with van der Waals surface area (Å²) in [5.41, 5.74) is 0.967. The molecule has 8 nitrogen and oxygen atoms in total. The molecule has 1 aromatic heterocycles. The molecule has 0 bridgehead atoms. The van der Waals surface area contributed by atoms with Gasteiger partial charge in [0.1, 0.15) is 0 Å². The molecule has 1 amide bonds. The molecule has 0 radical (unpaired) electrons. The van der Waals surface area contributed by atoms with Gasteiger partial charge >= 0.3 is 0 Å². The standard InChI is InChI=1S/C20H34N6O2.HI/c1-15(2)18-13-17(28-24-18)14-23-20(21-3)22-7-8-25-9-11-26(12-10-25)19(27)16-5-4-6-16;/h13,15-16H,4-12,14H2,1-3H3,(H2,21,22,23);1H. The Morgan fingerprint density at radius 2 is 2.00 bits per heavy atom. The van der Waals surface area contributed by atoms with Crippen molar-refractivity contribution in [1.29, 1.82) is 0 Å². The van der Waals surface area contributed by atoms with Crippen LogP contribution in [-0.2, 0) is 11.3 Å². The minimum absolute atomic E-state index is 0. The Bertz CT molecular complexity index is 666. The number of carbonyl (C=O) groups excluding carboxylic acids is 1. The van der Waals surface area contributed by atoms with Gasteiger partial charge in [0.25, 0.3) is 0 Å². The van der Waals surface area contributed by atoms with E-state index in [-0.39, 0.29) is 24.0 Å². The second kappa shape index (κ2) is 11.7. The predicted molar refractivity (Wildman–Crippen MR) is 125 cm³/mol. The second-order valence-corrected chi connectivity index (χ2v) is 8.02. The van der Waals surface area contributed by atoms with E-state index in [1.54, 1.807) is 7.05 Å². The summed E-state index contributed by atoms with van der Waals surface area (Å²) in [6.45, 7) is 10.1. The van der Waals surface area contributed by atoms with Gasteiger partial charge in [0, 0.05) is 58.3 Å². The first-order valence-electron chi connectivity index (χ1n) is 10.5. The van der Waals surface area contributed by atoms with Crippen molar-refractivity contribution in [2.24, 2.45) is 10.9 Å². The van der Waals surface area contributed by atoms with Gasteiger partial charge in [0.05, 0.1) is 12.2 Å². The van der Waals surface area contributed by atoms with Crippen molar-refractivity contribution in [1.82, 2.24) is 25.6 Å². The largest absolute Gasteiger partial charge is 0.359 e. The highest BCUT2D eigenvalue weighted by Crippen LogP contribution is 2.28.